The monoisotopic (exact) mass is 288 g/mol. The van der Waals surface area contributed by atoms with Gasteiger partial charge in [0.15, 0.2) is 0 Å². The van der Waals surface area contributed by atoms with Crippen LogP contribution >= 0.6 is 0 Å². The van der Waals surface area contributed by atoms with Crippen molar-refractivity contribution in [3.8, 4) is 0 Å². The van der Waals surface area contributed by atoms with Crippen LogP contribution in [0.15, 0.2) is 42.6 Å². The molecule has 0 radical (unpaired) electrons. The van der Waals surface area contributed by atoms with Crippen molar-refractivity contribution in [1.82, 2.24) is 9.88 Å². The van der Waals surface area contributed by atoms with Crippen LogP contribution in [0.25, 0.3) is 0 Å². The molecule has 0 atom stereocenters. The highest BCUT2D eigenvalue weighted by Crippen LogP contribution is 2.11. The molecule has 0 amide bonds. The standard InChI is InChI=1S/C15H18BFN2O2/c1-2-19(11-14-5-3-4-8-18-14)10-12-6-7-13(16(20)21)9-15(12)17/h3-9,20-21H,2,10-11H2,1H3. The Balaban J connectivity index is 2.08. The molecule has 6 heteroatoms. The highest BCUT2D eigenvalue weighted by molar-refractivity contribution is 6.58. The molecule has 0 bridgehead atoms. The Kier molecular flexibility index (Phi) is 5.44. The minimum absolute atomic E-state index is 0.157. The van der Waals surface area contributed by atoms with Gasteiger partial charge in [0, 0.05) is 24.8 Å². The molecule has 1 heterocycles. The normalized spacial score (nSPS) is 10.9. The molecule has 0 saturated carbocycles. The Hall–Kier alpha value is -1.76. The second kappa shape index (κ2) is 7.31. The fourth-order valence-corrected chi connectivity index (χ4v) is 2.09. The summed E-state index contributed by atoms with van der Waals surface area (Å²) in [5.41, 5.74) is 1.61. The molecule has 0 fully saturated rings. The van der Waals surface area contributed by atoms with E-state index in [2.05, 4.69) is 9.88 Å². The van der Waals surface area contributed by atoms with Gasteiger partial charge in [0.1, 0.15) is 5.82 Å². The van der Waals surface area contributed by atoms with E-state index in [0.717, 1.165) is 18.3 Å². The zero-order valence-corrected chi connectivity index (χ0v) is 11.9. The van der Waals surface area contributed by atoms with E-state index in [1.54, 1.807) is 12.3 Å². The van der Waals surface area contributed by atoms with Crippen LogP contribution in [0, 0.1) is 5.82 Å². The first-order chi connectivity index (χ1) is 10.1. The summed E-state index contributed by atoms with van der Waals surface area (Å²) in [4.78, 5) is 6.33. The van der Waals surface area contributed by atoms with Crippen LogP contribution in [0.3, 0.4) is 0 Å². The van der Waals surface area contributed by atoms with E-state index in [-0.39, 0.29) is 5.46 Å². The van der Waals surface area contributed by atoms with Crippen molar-refractivity contribution < 1.29 is 14.4 Å². The average Bonchev–Trinajstić information content (AvgIpc) is 2.49. The van der Waals surface area contributed by atoms with Crippen molar-refractivity contribution in [3.63, 3.8) is 0 Å². The topological polar surface area (TPSA) is 56.6 Å². The van der Waals surface area contributed by atoms with Crippen LogP contribution in [0.1, 0.15) is 18.2 Å². The van der Waals surface area contributed by atoms with Gasteiger partial charge < -0.3 is 10.0 Å². The summed E-state index contributed by atoms with van der Waals surface area (Å²) in [6.07, 6.45) is 1.74. The first kappa shape index (κ1) is 15.6. The van der Waals surface area contributed by atoms with Crippen LogP contribution in [-0.2, 0) is 13.1 Å². The zero-order chi connectivity index (χ0) is 15.2. The Bertz CT molecular complexity index is 581. The number of hydrogen-bond donors (Lipinski definition) is 2. The first-order valence-corrected chi connectivity index (χ1v) is 6.87. The minimum atomic E-state index is -1.65. The second-order valence-electron chi connectivity index (χ2n) is 4.85. The predicted octanol–water partition coefficient (Wildman–Crippen LogP) is 0.923. The number of rotatable bonds is 6. The first-order valence-electron chi connectivity index (χ1n) is 6.87. The molecular weight excluding hydrogens is 270 g/mol. The maximum atomic E-state index is 14.0. The Morgan fingerprint density at radius 3 is 2.57 bits per heavy atom. The molecule has 2 aromatic rings. The molecule has 0 aliphatic rings. The number of nitrogens with zero attached hydrogens (tertiary/aromatic N) is 2. The van der Waals surface area contributed by atoms with Crippen molar-refractivity contribution >= 4 is 12.6 Å². The molecule has 0 aliphatic carbocycles. The van der Waals surface area contributed by atoms with Crippen LogP contribution in [0.4, 0.5) is 4.39 Å². The molecule has 0 spiro atoms. The molecular formula is C15H18BFN2O2. The lowest BCUT2D eigenvalue weighted by Gasteiger charge is -2.20. The summed E-state index contributed by atoms with van der Waals surface area (Å²) in [5.74, 6) is -0.430. The van der Waals surface area contributed by atoms with Gasteiger partial charge in [-0.1, -0.05) is 25.1 Å². The van der Waals surface area contributed by atoms with E-state index in [1.165, 1.54) is 6.07 Å². The second-order valence-corrected chi connectivity index (χ2v) is 4.85. The highest BCUT2D eigenvalue weighted by Gasteiger charge is 2.15. The number of benzene rings is 1. The van der Waals surface area contributed by atoms with Gasteiger partial charge in [0.2, 0.25) is 0 Å². The van der Waals surface area contributed by atoms with Gasteiger partial charge in [0.05, 0.1) is 5.69 Å². The molecule has 21 heavy (non-hydrogen) atoms. The van der Waals surface area contributed by atoms with E-state index < -0.39 is 12.9 Å². The van der Waals surface area contributed by atoms with E-state index in [4.69, 9.17) is 10.0 Å². The molecule has 0 saturated heterocycles. The van der Waals surface area contributed by atoms with Gasteiger partial charge in [-0.3, -0.25) is 9.88 Å². The quantitative estimate of drug-likeness (QED) is 0.776. The Morgan fingerprint density at radius 2 is 2.00 bits per heavy atom. The summed E-state index contributed by atoms with van der Waals surface area (Å²) < 4.78 is 14.0. The van der Waals surface area contributed by atoms with Crippen molar-refractivity contribution in [3.05, 3.63) is 59.7 Å². The molecule has 2 N–H and O–H groups in total. The predicted molar refractivity (Wildman–Crippen MR) is 80.3 cm³/mol. The fourth-order valence-electron chi connectivity index (χ4n) is 2.09. The summed E-state index contributed by atoms with van der Waals surface area (Å²) in [6.45, 7) is 3.86. The van der Waals surface area contributed by atoms with Crippen LogP contribution < -0.4 is 5.46 Å². The van der Waals surface area contributed by atoms with Gasteiger partial charge >= 0.3 is 7.12 Å². The van der Waals surface area contributed by atoms with Crippen molar-refractivity contribution in [2.45, 2.75) is 20.0 Å². The molecule has 4 nitrogen and oxygen atoms in total. The summed E-state index contributed by atoms with van der Waals surface area (Å²) in [5, 5.41) is 18.1. The van der Waals surface area contributed by atoms with Crippen LogP contribution in [0.5, 0.6) is 0 Å². The lowest BCUT2D eigenvalue weighted by molar-refractivity contribution is 0.264. The molecule has 110 valence electrons. The number of pyridine rings is 1. The smallest absolute Gasteiger partial charge is 0.423 e. The van der Waals surface area contributed by atoms with Gasteiger partial charge in [-0.2, -0.15) is 0 Å². The lowest BCUT2D eigenvalue weighted by Crippen LogP contribution is -2.31. The third-order valence-electron chi connectivity index (χ3n) is 3.33. The fraction of sp³-hybridized carbons (Fsp3) is 0.267. The molecule has 1 aromatic heterocycles. The summed E-state index contributed by atoms with van der Waals surface area (Å²) >= 11 is 0. The maximum Gasteiger partial charge on any atom is 0.488 e. The van der Waals surface area contributed by atoms with E-state index in [9.17, 15) is 4.39 Å². The molecule has 2 rings (SSSR count). The minimum Gasteiger partial charge on any atom is -0.423 e. The Labute approximate surface area is 124 Å². The summed E-state index contributed by atoms with van der Waals surface area (Å²) in [7, 11) is -1.65. The van der Waals surface area contributed by atoms with Gasteiger partial charge in [0.25, 0.3) is 0 Å². The van der Waals surface area contributed by atoms with Gasteiger partial charge in [-0.15, -0.1) is 0 Å². The molecule has 1 aromatic carbocycles. The maximum absolute atomic E-state index is 14.0. The molecule has 0 unspecified atom stereocenters. The number of halogens is 1. The van der Waals surface area contributed by atoms with E-state index in [0.29, 0.717) is 18.7 Å². The number of aromatic nitrogens is 1. The Morgan fingerprint density at radius 1 is 1.19 bits per heavy atom. The van der Waals surface area contributed by atoms with Gasteiger partial charge in [-0.25, -0.2) is 4.39 Å². The third-order valence-corrected chi connectivity index (χ3v) is 3.33. The zero-order valence-electron chi connectivity index (χ0n) is 11.9. The summed E-state index contributed by atoms with van der Waals surface area (Å²) in [6, 6.07) is 9.99. The van der Waals surface area contributed by atoms with E-state index >= 15 is 0 Å². The van der Waals surface area contributed by atoms with Crippen LogP contribution in [-0.4, -0.2) is 33.6 Å². The highest BCUT2D eigenvalue weighted by atomic mass is 19.1. The largest absolute Gasteiger partial charge is 0.488 e. The molecule has 0 aliphatic heterocycles. The van der Waals surface area contributed by atoms with Crippen LogP contribution in [0.2, 0.25) is 0 Å². The average molecular weight is 288 g/mol. The van der Waals surface area contributed by atoms with Crippen molar-refractivity contribution in [2.24, 2.45) is 0 Å². The number of hydrogen-bond acceptors (Lipinski definition) is 4. The van der Waals surface area contributed by atoms with Crippen molar-refractivity contribution in [1.29, 1.82) is 0 Å². The third kappa shape index (κ3) is 4.36. The SMILES string of the molecule is CCN(Cc1ccccn1)Cc1ccc(B(O)O)cc1F. The van der Waals surface area contributed by atoms with Crippen molar-refractivity contribution in [2.75, 3.05) is 6.54 Å². The van der Waals surface area contributed by atoms with Gasteiger partial charge in [-0.05, 0) is 30.2 Å². The van der Waals surface area contributed by atoms with E-state index in [1.807, 2.05) is 25.1 Å². The lowest BCUT2D eigenvalue weighted by atomic mass is 9.80.